The highest BCUT2D eigenvalue weighted by molar-refractivity contribution is 5.81. The summed E-state index contributed by atoms with van der Waals surface area (Å²) >= 11 is 0. The van der Waals surface area contributed by atoms with Crippen LogP contribution in [0.5, 0.6) is 5.75 Å². The third-order valence-electron chi connectivity index (χ3n) is 2.83. The van der Waals surface area contributed by atoms with Crippen molar-refractivity contribution in [2.75, 3.05) is 7.11 Å². The molecule has 0 saturated carbocycles. The van der Waals surface area contributed by atoms with E-state index in [1.807, 2.05) is 29.8 Å². The highest BCUT2D eigenvalue weighted by atomic mass is 16.5. The Hall–Kier alpha value is -2.30. The number of nitrogens with zero attached hydrogens (tertiary/aromatic N) is 3. The van der Waals surface area contributed by atoms with Crippen LogP contribution in [0, 0.1) is 0 Å². The van der Waals surface area contributed by atoms with E-state index in [4.69, 9.17) is 4.74 Å². The van der Waals surface area contributed by atoms with Gasteiger partial charge in [-0.05, 0) is 12.1 Å². The van der Waals surface area contributed by atoms with Crippen LogP contribution in [0.4, 0.5) is 0 Å². The second-order valence-corrected chi connectivity index (χ2v) is 3.81. The Balaban J connectivity index is 2.24. The molecular formula is C12H12N4O. The molecule has 0 radical (unpaired) electrons. The van der Waals surface area contributed by atoms with Gasteiger partial charge in [0.1, 0.15) is 11.4 Å². The van der Waals surface area contributed by atoms with Gasteiger partial charge in [-0.15, -0.1) is 0 Å². The molecule has 0 saturated heterocycles. The van der Waals surface area contributed by atoms with Crippen LogP contribution in [0.1, 0.15) is 0 Å². The Labute approximate surface area is 98.1 Å². The molecule has 0 unspecified atom stereocenters. The summed E-state index contributed by atoms with van der Waals surface area (Å²) in [7, 11) is 3.64. The molecule has 86 valence electrons. The van der Waals surface area contributed by atoms with Gasteiger partial charge in [-0.3, -0.25) is 0 Å². The highest BCUT2D eigenvalue weighted by Crippen LogP contribution is 2.24. The van der Waals surface area contributed by atoms with E-state index in [-0.39, 0.29) is 0 Å². The van der Waals surface area contributed by atoms with Crippen molar-refractivity contribution in [1.29, 1.82) is 0 Å². The molecule has 3 aromatic rings. The number of imidazole rings is 2. The summed E-state index contributed by atoms with van der Waals surface area (Å²) < 4.78 is 7.22. The third-order valence-corrected chi connectivity index (χ3v) is 2.83. The van der Waals surface area contributed by atoms with E-state index in [1.54, 1.807) is 19.6 Å². The first-order valence-corrected chi connectivity index (χ1v) is 5.29. The van der Waals surface area contributed by atoms with Crippen molar-refractivity contribution in [3.63, 3.8) is 0 Å². The summed E-state index contributed by atoms with van der Waals surface area (Å²) in [6.07, 6.45) is 3.41. The molecular weight excluding hydrogens is 216 g/mol. The Bertz CT molecular complexity index is 655. The van der Waals surface area contributed by atoms with Crippen molar-refractivity contribution in [3.05, 3.63) is 30.7 Å². The van der Waals surface area contributed by atoms with Gasteiger partial charge in [0.25, 0.3) is 0 Å². The molecule has 2 heterocycles. The lowest BCUT2D eigenvalue weighted by Gasteiger charge is -2.00. The maximum atomic E-state index is 5.19. The van der Waals surface area contributed by atoms with Gasteiger partial charge in [-0.25, -0.2) is 9.97 Å². The second kappa shape index (κ2) is 3.62. The van der Waals surface area contributed by atoms with Crippen LogP contribution in [0.2, 0.25) is 0 Å². The minimum Gasteiger partial charge on any atom is -0.497 e. The van der Waals surface area contributed by atoms with Crippen molar-refractivity contribution in [3.8, 4) is 17.3 Å². The lowest BCUT2D eigenvalue weighted by molar-refractivity contribution is 0.415. The number of fused-ring (bicyclic) bond motifs is 1. The number of ether oxygens (including phenoxy) is 1. The number of rotatable bonds is 2. The molecule has 0 bridgehead atoms. The van der Waals surface area contributed by atoms with Crippen LogP contribution < -0.4 is 4.74 Å². The summed E-state index contributed by atoms with van der Waals surface area (Å²) in [6.45, 7) is 0. The van der Waals surface area contributed by atoms with Gasteiger partial charge in [-0.1, -0.05) is 0 Å². The maximum absolute atomic E-state index is 5.19. The van der Waals surface area contributed by atoms with E-state index in [1.165, 1.54) is 0 Å². The number of aromatic nitrogens is 4. The Morgan fingerprint density at radius 1 is 1.35 bits per heavy atom. The minimum atomic E-state index is 0.812. The van der Waals surface area contributed by atoms with E-state index in [2.05, 4.69) is 15.0 Å². The van der Waals surface area contributed by atoms with Gasteiger partial charge < -0.3 is 14.3 Å². The number of nitrogens with one attached hydrogen (secondary N) is 1. The molecule has 17 heavy (non-hydrogen) atoms. The zero-order chi connectivity index (χ0) is 11.8. The van der Waals surface area contributed by atoms with E-state index >= 15 is 0 Å². The van der Waals surface area contributed by atoms with Crippen molar-refractivity contribution in [2.24, 2.45) is 7.05 Å². The summed E-state index contributed by atoms with van der Waals surface area (Å²) in [5.74, 6) is 1.68. The minimum absolute atomic E-state index is 0.812. The molecule has 3 rings (SSSR count). The van der Waals surface area contributed by atoms with Gasteiger partial charge in [0, 0.05) is 13.1 Å². The first-order chi connectivity index (χ1) is 8.29. The van der Waals surface area contributed by atoms with Crippen molar-refractivity contribution in [1.82, 2.24) is 19.5 Å². The number of hydrogen-bond donors (Lipinski definition) is 1. The Morgan fingerprint density at radius 2 is 2.24 bits per heavy atom. The average Bonchev–Trinajstić information content (AvgIpc) is 2.97. The van der Waals surface area contributed by atoms with Crippen LogP contribution in [-0.4, -0.2) is 26.6 Å². The summed E-state index contributed by atoms with van der Waals surface area (Å²) in [5.41, 5.74) is 2.88. The monoisotopic (exact) mass is 228 g/mol. The molecule has 0 aliphatic rings. The topological polar surface area (TPSA) is 55.7 Å². The van der Waals surface area contributed by atoms with Crippen LogP contribution in [0.15, 0.2) is 30.7 Å². The summed E-state index contributed by atoms with van der Waals surface area (Å²) in [6, 6.07) is 5.86. The van der Waals surface area contributed by atoms with Crippen LogP contribution in [0.25, 0.3) is 22.6 Å². The quantitative estimate of drug-likeness (QED) is 0.729. The molecule has 5 nitrogen and oxygen atoms in total. The largest absolute Gasteiger partial charge is 0.497 e. The number of aryl methyl sites for hydroxylation is 1. The van der Waals surface area contributed by atoms with E-state index in [0.717, 1.165) is 28.3 Å². The number of H-pyrrole nitrogens is 1. The highest BCUT2D eigenvalue weighted by Gasteiger charge is 2.11. The SMILES string of the molecule is COc1ccc2c(c1)nc(-c1cnc[nH]1)n2C. The van der Waals surface area contributed by atoms with Crippen molar-refractivity contribution >= 4 is 11.0 Å². The number of hydrogen-bond acceptors (Lipinski definition) is 3. The van der Waals surface area contributed by atoms with E-state index in [0.29, 0.717) is 0 Å². The molecule has 2 aromatic heterocycles. The van der Waals surface area contributed by atoms with Gasteiger partial charge in [-0.2, -0.15) is 0 Å². The molecule has 0 atom stereocenters. The Morgan fingerprint density at radius 3 is 2.94 bits per heavy atom. The first kappa shape index (κ1) is 9.89. The average molecular weight is 228 g/mol. The predicted octanol–water partition coefficient (Wildman–Crippen LogP) is 1.97. The predicted molar refractivity (Wildman–Crippen MR) is 64.8 cm³/mol. The smallest absolute Gasteiger partial charge is 0.158 e. The molecule has 1 N–H and O–H groups in total. The molecule has 5 heteroatoms. The first-order valence-electron chi connectivity index (χ1n) is 5.29. The Kier molecular flexibility index (Phi) is 2.11. The standard InChI is InChI=1S/C12H12N4O/c1-16-11-4-3-8(17-2)5-9(11)15-12(16)10-6-13-7-14-10/h3-7H,1-2H3,(H,13,14). The third kappa shape index (κ3) is 1.47. The maximum Gasteiger partial charge on any atom is 0.158 e. The van der Waals surface area contributed by atoms with Gasteiger partial charge in [0.2, 0.25) is 0 Å². The van der Waals surface area contributed by atoms with Gasteiger partial charge in [0.05, 0.1) is 30.7 Å². The fourth-order valence-corrected chi connectivity index (χ4v) is 1.93. The summed E-state index contributed by atoms with van der Waals surface area (Å²) in [5, 5.41) is 0. The van der Waals surface area contributed by atoms with Gasteiger partial charge in [0.15, 0.2) is 5.82 Å². The zero-order valence-electron chi connectivity index (χ0n) is 9.64. The van der Waals surface area contributed by atoms with Crippen molar-refractivity contribution in [2.45, 2.75) is 0 Å². The van der Waals surface area contributed by atoms with Crippen molar-refractivity contribution < 1.29 is 4.74 Å². The molecule has 0 amide bonds. The molecule has 1 aromatic carbocycles. The fraction of sp³-hybridized carbons (Fsp3) is 0.167. The lowest BCUT2D eigenvalue weighted by Crippen LogP contribution is -1.92. The van der Waals surface area contributed by atoms with E-state index < -0.39 is 0 Å². The van der Waals surface area contributed by atoms with E-state index in [9.17, 15) is 0 Å². The number of methoxy groups -OCH3 is 1. The summed E-state index contributed by atoms with van der Waals surface area (Å²) in [4.78, 5) is 11.6. The number of aromatic amines is 1. The fourth-order valence-electron chi connectivity index (χ4n) is 1.93. The lowest BCUT2D eigenvalue weighted by atomic mass is 10.3. The van der Waals surface area contributed by atoms with Crippen LogP contribution >= 0.6 is 0 Å². The number of benzene rings is 1. The molecule has 0 aliphatic carbocycles. The van der Waals surface area contributed by atoms with Crippen LogP contribution in [0.3, 0.4) is 0 Å². The molecule has 0 aliphatic heterocycles. The second-order valence-electron chi connectivity index (χ2n) is 3.81. The van der Waals surface area contributed by atoms with Gasteiger partial charge >= 0.3 is 0 Å². The zero-order valence-corrected chi connectivity index (χ0v) is 9.64. The van der Waals surface area contributed by atoms with Crippen LogP contribution in [-0.2, 0) is 7.05 Å². The molecule has 0 spiro atoms. The molecule has 0 fully saturated rings. The normalized spacial score (nSPS) is 10.9.